The van der Waals surface area contributed by atoms with Gasteiger partial charge in [0.25, 0.3) is 0 Å². The summed E-state index contributed by atoms with van der Waals surface area (Å²) >= 11 is 0. The fraction of sp³-hybridized carbons (Fsp3) is 0.385. The summed E-state index contributed by atoms with van der Waals surface area (Å²) in [7, 11) is 1.46. The molecule has 0 aliphatic heterocycles. The molecule has 0 aliphatic rings. The minimum atomic E-state index is -1.12. The summed E-state index contributed by atoms with van der Waals surface area (Å²) in [6.07, 6.45) is 0.0866. The Kier molecular flexibility index (Phi) is 4.50. The highest BCUT2D eigenvalue weighted by Crippen LogP contribution is 2.23. The number of carboxylic acids is 1. The van der Waals surface area contributed by atoms with Crippen LogP contribution in [0.15, 0.2) is 18.2 Å². The lowest BCUT2D eigenvalue weighted by atomic mass is 10.0. The van der Waals surface area contributed by atoms with Crippen molar-refractivity contribution in [3.8, 4) is 5.75 Å². The van der Waals surface area contributed by atoms with Gasteiger partial charge in [0, 0.05) is 18.0 Å². The van der Waals surface area contributed by atoms with E-state index in [2.05, 4.69) is 5.32 Å². The van der Waals surface area contributed by atoms with Crippen LogP contribution >= 0.6 is 0 Å². The van der Waals surface area contributed by atoms with Gasteiger partial charge in [0.1, 0.15) is 5.75 Å². The van der Waals surface area contributed by atoms with Gasteiger partial charge in [-0.2, -0.15) is 0 Å². The van der Waals surface area contributed by atoms with Gasteiger partial charge in [0.2, 0.25) is 5.91 Å². The fourth-order valence-electron chi connectivity index (χ4n) is 1.55. The van der Waals surface area contributed by atoms with Crippen molar-refractivity contribution >= 4 is 17.6 Å². The zero-order valence-corrected chi connectivity index (χ0v) is 11.2. The number of carboxylic acid groups (broad SMARTS) is 1. The lowest BCUT2D eigenvalue weighted by molar-refractivity contribution is -0.117. The maximum Gasteiger partial charge on any atom is 0.337 e. The Morgan fingerprint density at radius 2 is 2.05 bits per heavy atom. The number of nitrogens with two attached hydrogens (primary N) is 1. The largest absolute Gasteiger partial charge is 0.497 e. The predicted octanol–water partition coefficient (Wildman–Crippen LogP) is 1.46. The number of rotatable bonds is 5. The predicted molar refractivity (Wildman–Crippen MR) is 71.5 cm³/mol. The summed E-state index contributed by atoms with van der Waals surface area (Å²) in [6, 6.07) is 4.36. The first-order valence-electron chi connectivity index (χ1n) is 5.73. The minimum Gasteiger partial charge on any atom is -0.497 e. The summed E-state index contributed by atoms with van der Waals surface area (Å²) < 4.78 is 5.00. The molecule has 0 radical (unpaired) electrons. The van der Waals surface area contributed by atoms with Crippen molar-refractivity contribution < 1.29 is 19.4 Å². The number of hydrogen-bond donors (Lipinski definition) is 3. The molecule has 0 unspecified atom stereocenters. The Labute approximate surface area is 111 Å². The van der Waals surface area contributed by atoms with E-state index in [1.807, 2.05) is 0 Å². The van der Waals surface area contributed by atoms with Crippen LogP contribution in [-0.4, -0.2) is 29.6 Å². The summed E-state index contributed by atoms with van der Waals surface area (Å²) in [5.41, 5.74) is 5.28. The monoisotopic (exact) mass is 266 g/mol. The highest BCUT2D eigenvalue weighted by atomic mass is 16.5. The molecule has 0 saturated heterocycles. The topological polar surface area (TPSA) is 102 Å². The molecule has 0 atom stereocenters. The Morgan fingerprint density at radius 1 is 1.42 bits per heavy atom. The van der Waals surface area contributed by atoms with Gasteiger partial charge < -0.3 is 20.9 Å². The van der Waals surface area contributed by atoms with Crippen molar-refractivity contribution in [1.29, 1.82) is 0 Å². The Morgan fingerprint density at radius 3 is 2.53 bits per heavy atom. The second-order valence-electron chi connectivity index (χ2n) is 4.93. The summed E-state index contributed by atoms with van der Waals surface area (Å²) in [5.74, 6) is -1.000. The average Bonchev–Trinajstić information content (AvgIpc) is 2.25. The average molecular weight is 266 g/mol. The number of anilines is 1. The van der Waals surface area contributed by atoms with Crippen LogP contribution in [0.2, 0.25) is 0 Å². The third-order valence-corrected chi connectivity index (χ3v) is 2.35. The molecule has 1 amide bonds. The van der Waals surface area contributed by atoms with E-state index in [1.165, 1.54) is 25.3 Å². The number of amides is 1. The standard InChI is InChI=1S/C13H18N2O4/c1-13(2,14)7-11(16)15-10-6-8(19-3)4-5-9(10)12(17)18/h4-6H,7,14H2,1-3H3,(H,15,16)(H,17,18). The second kappa shape index (κ2) is 5.71. The van der Waals surface area contributed by atoms with E-state index in [9.17, 15) is 9.59 Å². The van der Waals surface area contributed by atoms with Crippen molar-refractivity contribution in [3.63, 3.8) is 0 Å². The molecule has 0 saturated carbocycles. The molecule has 0 fully saturated rings. The smallest absolute Gasteiger partial charge is 0.337 e. The maximum absolute atomic E-state index is 11.8. The Balaban J connectivity index is 2.98. The van der Waals surface area contributed by atoms with Crippen molar-refractivity contribution in [3.05, 3.63) is 23.8 Å². The highest BCUT2D eigenvalue weighted by molar-refractivity contribution is 6.01. The van der Waals surface area contributed by atoms with Gasteiger partial charge in [-0.1, -0.05) is 0 Å². The van der Waals surface area contributed by atoms with Crippen LogP contribution in [0.3, 0.4) is 0 Å². The van der Waals surface area contributed by atoms with Gasteiger partial charge in [-0.3, -0.25) is 4.79 Å². The van der Waals surface area contributed by atoms with Crippen LogP contribution in [0.25, 0.3) is 0 Å². The van der Waals surface area contributed by atoms with Crippen molar-refractivity contribution in [1.82, 2.24) is 0 Å². The van der Waals surface area contributed by atoms with Crippen LogP contribution in [0.1, 0.15) is 30.6 Å². The van der Waals surface area contributed by atoms with Crippen molar-refractivity contribution in [2.45, 2.75) is 25.8 Å². The van der Waals surface area contributed by atoms with Crippen molar-refractivity contribution in [2.24, 2.45) is 5.73 Å². The van der Waals surface area contributed by atoms with Crippen molar-refractivity contribution in [2.75, 3.05) is 12.4 Å². The third-order valence-electron chi connectivity index (χ3n) is 2.35. The number of carbonyl (C=O) groups excluding carboxylic acids is 1. The number of carbonyl (C=O) groups is 2. The quantitative estimate of drug-likeness (QED) is 0.748. The van der Waals surface area contributed by atoms with Crippen LogP contribution in [0.4, 0.5) is 5.69 Å². The molecule has 4 N–H and O–H groups in total. The number of methoxy groups -OCH3 is 1. The number of aromatic carboxylic acids is 1. The molecule has 19 heavy (non-hydrogen) atoms. The molecule has 0 spiro atoms. The third kappa shape index (κ3) is 4.59. The number of benzene rings is 1. The second-order valence-corrected chi connectivity index (χ2v) is 4.93. The van der Waals surface area contributed by atoms with E-state index in [-0.39, 0.29) is 23.6 Å². The van der Waals surface area contributed by atoms with Gasteiger partial charge in [0.15, 0.2) is 0 Å². The molecule has 6 nitrogen and oxygen atoms in total. The van der Waals surface area contributed by atoms with Gasteiger partial charge in [-0.15, -0.1) is 0 Å². The van der Waals surface area contributed by atoms with E-state index in [0.29, 0.717) is 5.75 Å². The molecule has 1 aromatic carbocycles. The lowest BCUT2D eigenvalue weighted by Gasteiger charge is -2.18. The summed E-state index contributed by atoms with van der Waals surface area (Å²) in [5, 5.41) is 11.6. The van der Waals surface area contributed by atoms with Gasteiger partial charge in [-0.05, 0) is 26.0 Å². The number of hydrogen-bond acceptors (Lipinski definition) is 4. The normalized spacial score (nSPS) is 10.9. The molecule has 0 bridgehead atoms. The number of ether oxygens (including phenoxy) is 1. The molecule has 6 heteroatoms. The first-order valence-corrected chi connectivity index (χ1v) is 5.73. The zero-order valence-electron chi connectivity index (χ0n) is 11.2. The minimum absolute atomic E-state index is 0.00368. The number of nitrogens with one attached hydrogen (secondary N) is 1. The first-order chi connectivity index (χ1) is 8.73. The zero-order chi connectivity index (χ0) is 14.6. The Hall–Kier alpha value is -2.08. The van der Waals surface area contributed by atoms with Gasteiger partial charge >= 0.3 is 5.97 Å². The molecular weight excluding hydrogens is 248 g/mol. The van der Waals surface area contributed by atoms with E-state index >= 15 is 0 Å². The molecule has 0 aliphatic carbocycles. The molecule has 0 heterocycles. The molecule has 1 aromatic rings. The van der Waals surface area contributed by atoms with E-state index in [4.69, 9.17) is 15.6 Å². The van der Waals surface area contributed by atoms with Crippen LogP contribution in [0.5, 0.6) is 5.75 Å². The maximum atomic E-state index is 11.8. The lowest BCUT2D eigenvalue weighted by Crippen LogP contribution is -2.36. The molecule has 104 valence electrons. The Bertz CT molecular complexity index is 492. The van der Waals surface area contributed by atoms with Crippen LogP contribution < -0.4 is 15.8 Å². The SMILES string of the molecule is COc1ccc(C(=O)O)c(NC(=O)CC(C)(C)N)c1. The van der Waals surface area contributed by atoms with Crippen LogP contribution in [0, 0.1) is 0 Å². The first kappa shape index (κ1) is 15.0. The van der Waals surface area contributed by atoms with E-state index in [1.54, 1.807) is 13.8 Å². The molecule has 0 aromatic heterocycles. The fourth-order valence-corrected chi connectivity index (χ4v) is 1.55. The van der Waals surface area contributed by atoms with Gasteiger partial charge in [-0.25, -0.2) is 4.79 Å². The van der Waals surface area contributed by atoms with Gasteiger partial charge in [0.05, 0.1) is 18.4 Å². The summed E-state index contributed by atoms with van der Waals surface area (Å²) in [6.45, 7) is 3.44. The molecule has 1 rings (SSSR count). The van der Waals surface area contributed by atoms with E-state index in [0.717, 1.165) is 0 Å². The highest BCUT2D eigenvalue weighted by Gasteiger charge is 2.19. The summed E-state index contributed by atoms with van der Waals surface area (Å²) in [4.78, 5) is 22.8. The molecular formula is C13H18N2O4. The van der Waals surface area contributed by atoms with E-state index < -0.39 is 11.5 Å². The van der Waals surface area contributed by atoms with Crippen LogP contribution in [-0.2, 0) is 4.79 Å².